The van der Waals surface area contributed by atoms with Crippen molar-refractivity contribution in [3.63, 3.8) is 0 Å². The number of rotatable bonds is 2. The molecule has 13 heavy (non-hydrogen) atoms. The van der Waals surface area contributed by atoms with Gasteiger partial charge in [0.25, 0.3) is 0 Å². The molecule has 0 saturated heterocycles. The molecule has 0 radical (unpaired) electrons. The number of hydrogen-bond donors (Lipinski definition) is 1. The lowest BCUT2D eigenvalue weighted by Crippen LogP contribution is -2.32. The highest BCUT2D eigenvalue weighted by molar-refractivity contribution is 4.98. The van der Waals surface area contributed by atoms with Crippen molar-refractivity contribution in [2.45, 2.75) is 26.8 Å². The van der Waals surface area contributed by atoms with Gasteiger partial charge in [-0.2, -0.15) is 5.10 Å². The Kier molecular flexibility index (Phi) is 2.71. The number of hydrogen-bond acceptors (Lipinski definition) is 3. The molecule has 0 saturated carbocycles. The maximum absolute atomic E-state index is 4.24. The smallest absolute Gasteiger partial charge is 0.144 e. The van der Waals surface area contributed by atoms with E-state index in [9.17, 15) is 0 Å². The van der Waals surface area contributed by atoms with Gasteiger partial charge >= 0.3 is 0 Å². The lowest BCUT2D eigenvalue weighted by Gasteiger charge is -2.29. The lowest BCUT2D eigenvalue weighted by molar-refractivity contribution is 0.269. The van der Waals surface area contributed by atoms with Gasteiger partial charge in [0.2, 0.25) is 0 Å². The molecule has 1 N–H and O–H groups in total. The Bertz CT molecular complexity index is 271. The molecule has 0 aliphatic carbocycles. The molecule has 1 rings (SSSR count). The van der Waals surface area contributed by atoms with Gasteiger partial charge in [0.15, 0.2) is 0 Å². The highest BCUT2D eigenvalue weighted by atomic mass is 15.3. The SMILES string of the molecule is CNC(c1ncnn1C)C(C)(C)C. The van der Waals surface area contributed by atoms with E-state index in [1.165, 1.54) is 0 Å². The van der Waals surface area contributed by atoms with Crippen molar-refractivity contribution in [1.29, 1.82) is 0 Å². The summed E-state index contributed by atoms with van der Waals surface area (Å²) in [5, 5.41) is 7.33. The van der Waals surface area contributed by atoms with Crippen LogP contribution in [0.5, 0.6) is 0 Å². The molecule has 4 heteroatoms. The lowest BCUT2D eigenvalue weighted by atomic mass is 9.86. The Morgan fingerprint density at radius 1 is 1.46 bits per heavy atom. The molecule has 1 atom stereocenters. The summed E-state index contributed by atoms with van der Waals surface area (Å²) in [6, 6.07) is 0.236. The van der Waals surface area contributed by atoms with Crippen molar-refractivity contribution in [3.05, 3.63) is 12.2 Å². The first-order chi connectivity index (χ1) is 5.96. The summed E-state index contributed by atoms with van der Waals surface area (Å²) in [6.45, 7) is 6.55. The van der Waals surface area contributed by atoms with E-state index in [-0.39, 0.29) is 11.5 Å². The molecule has 74 valence electrons. The van der Waals surface area contributed by atoms with Crippen molar-refractivity contribution < 1.29 is 0 Å². The molecule has 1 aromatic rings. The predicted octanol–water partition coefficient (Wildman–Crippen LogP) is 1.12. The fraction of sp³-hybridized carbons (Fsp3) is 0.778. The zero-order chi connectivity index (χ0) is 10.1. The van der Waals surface area contributed by atoms with Crippen LogP contribution in [0.1, 0.15) is 32.6 Å². The summed E-state index contributed by atoms with van der Waals surface area (Å²) >= 11 is 0. The Hall–Kier alpha value is -0.900. The van der Waals surface area contributed by atoms with E-state index in [0.717, 1.165) is 5.82 Å². The molecule has 0 aliphatic heterocycles. The molecule has 1 heterocycles. The average Bonchev–Trinajstić information content (AvgIpc) is 2.35. The van der Waals surface area contributed by atoms with Crippen LogP contribution in [0, 0.1) is 5.41 Å². The van der Waals surface area contributed by atoms with Crippen molar-refractivity contribution in [1.82, 2.24) is 20.1 Å². The highest BCUT2D eigenvalue weighted by Gasteiger charge is 2.27. The summed E-state index contributed by atoms with van der Waals surface area (Å²) < 4.78 is 1.81. The van der Waals surface area contributed by atoms with Crippen LogP contribution in [0.4, 0.5) is 0 Å². The fourth-order valence-corrected chi connectivity index (χ4v) is 1.52. The van der Waals surface area contributed by atoms with Crippen molar-refractivity contribution >= 4 is 0 Å². The van der Waals surface area contributed by atoms with E-state index in [4.69, 9.17) is 0 Å². The maximum Gasteiger partial charge on any atom is 0.144 e. The first-order valence-corrected chi connectivity index (χ1v) is 4.48. The van der Waals surface area contributed by atoms with Gasteiger partial charge in [0, 0.05) is 7.05 Å². The van der Waals surface area contributed by atoms with Crippen LogP contribution in [-0.2, 0) is 7.05 Å². The second-order valence-corrected chi connectivity index (χ2v) is 4.33. The zero-order valence-corrected chi connectivity index (χ0v) is 9.00. The Morgan fingerprint density at radius 2 is 2.08 bits per heavy atom. The van der Waals surface area contributed by atoms with Crippen LogP contribution < -0.4 is 5.32 Å². The minimum Gasteiger partial charge on any atom is -0.310 e. The van der Waals surface area contributed by atoms with Crippen LogP contribution >= 0.6 is 0 Å². The van der Waals surface area contributed by atoms with Crippen LogP contribution in [0.15, 0.2) is 6.33 Å². The van der Waals surface area contributed by atoms with Crippen molar-refractivity contribution in [3.8, 4) is 0 Å². The summed E-state index contributed by atoms with van der Waals surface area (Å²) in [5.74, 6) is 0.981. The average molecular weight is 182 g/mol. The summed E-state index contributed by atoms with van der Waals surface area (Å²) in [6.07, 6.45) is 1.59. The maximum atomic E-state index is 4.24. The van der Waals surface area contributed by atoms with Crippen molar-refractivity contribution in [2.75, 3.05) is 7.05 Å². The van der Waals surface area contributed by atoms with Crippen LogP contribution in [0.3, 0.4) is 0 Å². The third-order valence-corrected chi connectivity index (χ3v) is 2.16. The number of nitrogens with zero attached hydrogens (tertiary/aromatic N) is 3. The van der Waals surface area contributed by atoms with E-state index in [1.807, 2.05) is 18.8 Å². The van der Waals surface area contributed by atoms with Gasteiger partial charge in [-0.05, 0) is 12.5 Å². The molecule has 1 aromatic heterocycles. The van der Waals surface area contributed by atoms with Crippen LogP contribution in [0.25, 0.3) is 0 Å². The molecule has 0 aromatic carbocycles. The van der Waals surface area contributed by atoms with Gasteiger partial charge in [-0.15, -0.1) is 0 Å². The third kappa shape index (κ3) is 2.06. The van der Waals surface area contributed by atoms with Gasteiger partial charge in [0.05, 0.1) is 6.04 Å². The van der Waals surface area contributed by atoms with E-state index >= 15 is 0 Å². The Morgan fingerprint density at radius 3 is 2.38 bits per heavy atom. The molecule has 0 bridgehead atoms. The normalized spacial score (nSPS) is 14.5. The minimum atomic E-state index is 0.148. The fourth-order valence-electron chi connectivity index (χ4n) is 1.52. The molecule has 0 fully saturated rings. The summed E-state index contributed by atoms with van der Waals surface area (Å²) in [5.41, 5.74) is 0.148. The molecule has 0 aliphatic rings. The largest absolute Gasteiger partial charge is 0.310 e. The minimum absolute atomic E-state index is 0.148. The second-order valence-electron chi connectivity index (χ2n) is 4.33. The highest BCUT2D eigenvalue weighted by Crippen LogP contribution is 2.30. The molecule has 4 nitrogen and oxygen atoms in total. The molecule has 0 spiro atoms. The number of nitrogens with one attached hydrogen (secondary N) is 1. The summed E-state index contributed by atoms with van der Waals surface area (Å²) in [7, 11) is 3.86. The first kappa shape index (κ1) is 10.2. The van der Waals surface area contributed by atoms with Gasteiger partial charge in [-0.3, -0.25) is 4.68 Å². The van der Waals surface area contributed by atoms with Gasteiger partial charge < -0.3 is 5.32 Å². The van der Waals surface area contributed by atoms with Crippen LogP contribution in [-0.4, -0.2) is 21.8 Å². The van der Waals surface area contributed by atoms with E-state index in [2.05, 4.69) is 36.2 Å². The molecule has 1 unspecified atom stereocenters. The molecule has 0 amide bonds. The second kappa shape index (κ2) is 3.46. The standard InChI is InChI=1S/C9H18N4/c1-9(2,3)7(10-4)8-11-6-12-13(8)5/h6-7,10H,1-5H3. The van der Waals surface area contributed by atoms with Crippen LogP contribution in [0.2, 0.25) is 0 Å². The molecular weight excluding hydrogens is 164 g/mol. The Labute approximate surface area is 79.4 Å². The van der Waals surface area contributed by atoms with E-state index < -0.39 is 0 Å². The topological polar surface area (TPSA) is 42.7 Å². The van der Waals surface area contributed by atoms with Gasteiger partial charge in [0.1, 0.15) is 12.2 Å². The van der Waals surface area contributed by atoms with E-state index in [0.29, 0.717) is 0 Å². The van der Waals surface area contributed by atoms with E-state index in [1.54, 1.807) is 6.33 Å². The zero-order valence-electron chi connectivity index (χ0n) is 9.00. The summed E-state index contributed by atoms with van der Waals surface area (Å²) in [4.78, 5) is 4.24. The monoisotopic (exact) mass is 182 g/mol. The molecular formula is C9H18N4. The number of aromatic nitrogens is 3. The quantitative estimate of drug-likeness (QED) is 0.745. The van der Waals surface area contributed by atoms with Gasteiger partial charge in [-0.25, -0.2) is 4.98 Å². The number of aryl methyl sites for hydroxylation is 1. The van der Waals surface area contributed by atoms with Crippen molar-refractivity contribution in [2.24, 2.45) is 12.5 Å². The third-order valence-electron chi connectivity index (χ3n) is 2.16. The Balaban J connectivity index is 2.98. The first-order valence-electron chi connectivity index (χ1n) is 4.48. The predicted molar refractivity (Wildman–Crippen MR) is 52.3 cm³/mol. The van der Waals surface area contributed by atoms with Gasteiger partial charge in [-0.1, -0.05) is 20.8 Å².